The first kappa shape index (κ1) is 23.2. The lowest BCUT2D eigenvalue weighted by Gasteiger charge is -2.26. The lowest BCUT2D eigenvalue weighted by molar-refractivity contribution is -0.152. The van der Waals surface area contributed by atoms with Crippen LogP contribution >= 0.6 is 23.2 Å². The van der Waals surface area contributed by atoms with Crippen molar-refractivity contribution in [2.75, 3.05) is 16.6 Å². The number of aryl methyl sites for hydroxylation is 1. The number of hydrogen-bond acceptors (Lipinski definition) is 5. The number of anilines is 2. The molecule has 0 fully saturated rings. The van der Waals surface area contributed by atoms with E-state index in [-0.39, 0.29) is 20.6 Å². The number of aromatic nitrogens is 1. The third-order valence-electron chi connectivity index (χ3n) is 4.41. The Morgan fingerprint density at radius 1 is 1.13 bits per heavy atom. The minimum Gasteiger partial charge on any atom is -0.459 e. The molecule has 0 unspecified atom stereocenters. The van der Waals surface area contributed by atoms with Crippen molar-refractivity contribution in [1.82, 2.24) is 4.57 Å². The summed E-state index contributed by atoms with van der Waals surface area (Å²) in [5, 5.41) is 1.09. The molecule has 0 aliphatic rings. The monoisotopic (exact) mass is 483 g/mol. The molecule has 3 rings (SSSR count). The molecule has 0 saturated carbocycles. The van der Waals surface area contributed by atoms with E-state index in [4.69, 9.17) is 33.7 Å². The van der Waals surface area contributed by atoms with Gasteiger partial charge in [-0.25, -0.2) is 8.42 Å². The minimum absolute atomic E-state index is 0.139. The maximum Gasteiger partial charge on any atom is 0.327 e. The van der Waals surface area contributed by atoms with Crippen molar-refractivity contribution >= 4 is 61.5 Å². The van der Waals surface area contributed by atoms with Crippen molar-refractivity contribution in [2.45, 2.75) is 31.3 Å². The van der Waals surface area contributed by atoms with Gasteiger partial charge in [0, 0.05) is 28.7 Å². The SMILES string of the molecule is Cn1cc(N)c2ccc(N(CC(=O)OC(C)(C)C)S(=O)(=O)c3cc(Cl)cc(Cl)c3)cc21. The fraction of sp³-hybridized carbons (Fsp3) is 0.286. The molecule has 166 valence electrons. The summed E-state index contributed by atoms with van der Waals surface area (Å²) in [6.07, 6.45) is 1.73. The second-order valence-corrected chi connectivity index (χ2v) is 10.8. The molecule has 0 atom stereocenters. The lowest BCUT2D eigenvalue weighted by atomic mass is 10.2. The minimum atomic E-state index is -4.20. The van der Waals surface area contributed by atoms with E-state index in [1.165, 1.54) is 18.2 Å². The maximum absolute atomic E-state index is 13.5. The summed E-state index contributed by atoms with van der Waals surface area (Å²) in [7, 11) is -2.40. The standard InChI is InChI=1S/C21H23Cl2N3O4S/c1-21(2,3)30-20(27)12-26(31(28,29)16-8-13(22)7-14(23)9-16)15-5-6-17-18(24)11-25(4)19(17)10-15/h5-11H,12,24H2,1-4H3. The van der Waals surface area contributed by atoms with Gasteiger partial charge in [0.05, 0.1) is 21.8 Å². The van der Waals surface area contributed by atoms with Gasteiger partial charge in [0.15, 0.2) is 0 Å². The molecule has 0 saturated heterocycles. The Balaban J connectivity index is 2.15. The predicted molar refractivity (Wildman–Crippen MR) is 124 cm³/mol. The van der Waals surface area contributed by atoms with Gasteiger partial charge in [-0.05, 0) is 57.2 Å². The van der Waals surface area contributed by atoms with E-state index in [2.05, 4.69) is 0 Å². The second-order valence-electron chi connectivity index (χ2n) is 8.10. The molecule has 0 aliphatic carbocycles. The third-order valence-corrected chi connectivity index (χ3v) is 6.60. The molecule has 2 aromatic carbocycles. The highest BCUT2D eigenvalue weighted by molar-refractivity contribution is 7.92. The first-order valence-electron chi connectivity index (χ1n) is 9.33. The van der Waals surface area contributed by atoms with Gasteiger partial charge in [0.2, 0.25) is 0 Å². The Kier molecular flexibility index (Phi) is 6.19. The molecule has 3 aromatic rings. The highest BCUT2D eigenvalue weighted by atomic mass is 35.5. The van der Waals surface area contributed by atoms with Crippen LogP contribution in [0.15, 0.2) is 47.5 Å². The fourth-order valence-electron chi connectivity index (χ4n) is 3.17. The van der Waals surface area contributed by atoms with Crippen LogP contribution in [0.2, 0.25) is 10.0 Å². The average molecular weight is 484 g/mol. The van der Waals surface area contributed by atoms with Gasteiger partial charge in [0.25, 0.3) is 10.0 Å². The number of fused-ring (bicyclic) bond motifs is 1. The Bertz CT molecular complexity index is 1240. The van der Waals surface area contributed by atoms with Gasteiger partial charge in [-0.15, -0.1) is 0 Å². The zero-order chi connectivity index (χ0) is 23.1. The van der Waals surface area contributed by atoms with Gasteiger partial charge < -0.3 is 15.0 Å². The second kappa shape index (κ2) is 8.26. The van der Waals surface area contributed by atoms with Crippen LogP contribution in [0.25, 0.3) is 10.9 Å². The van der Waals surface area contributed by atoms with Gasteiger partial charge in [-0.1, -0.05) is 23.2 Å². The Morgan fingerprint density at radius 3 is 2.32 bits per heavy atom. The van der Waals surface area contributed by atoms with Crippen LogP contribution in [0.3, 0.4) is 0 Å². The van der Waals surface area contributed by atoms with Crippen molar-refractivity contribution in [3.05, 3.63) is 52.6 Å². The number of rotatable bonds is 5. The van der Waals surface area contributed by atoms with Gasteiger partial charge in [-0.2, -0.15) is 0 Å². The summed E-state index contributed by atoms with van der Waals surface area (Å²) in [6, 6.07) is 8.95. The molecule has 0 aliphatic heterocycles. The van der Waals surface area contributed by atoms with Crippen LogP contribution in [-0.4, -0.2) is 31.1 Å². The first-order chi connectivity index (χ1) is 14.3. The highest BCUT2D eigenvalue weighted by Gasteiger charge is 2.30. The quantitative estimate of drug-likeness (QED) is 0.534. The number of nitrogen functional groups attached to an aromatic ring is 1. The number of esters is 1. The largest absolute Gasteiger partial charge is 0.459 e. The fourth-order valence-corrected chi connectivity index (χ4v) is 5.30. The van der Waals surface area contributed by atoms with Crippen LogP contribution in [0.5, 0.6) is 0 Å². The topological polar surface area (TPSA) is 94.6 Å². The Hall–Kier alpha value is -2.42. The number of hydrogen-bond donors (Lipinski definition) is 1. The molecule has 0 radical (unpaired) electrons. The Labute approximate surface area is 191 Å². The molecule has 0 bridgehead atoms. The zero-order valence-corrected chi connectivity index (χ0v) is 19.8. The molecule has 0 amide bonds. The predicted octanol–water partition coefficient (Wildman–Crippen LogP) is 4.60. The van der Waals surface area contributed by atoms with Crippen molar-refractivity contribution < 1.29 is 17.9 Å². The number of nitrogens with two attached hydrogens (primary N) is 1. The van der Waals surface area contributed by atoms with Crippen LogP contribution < -0.4 is 10.0 Å². The zero-order valence-electron chi connectivity index (χ0n) is 17.5. The van der Waals surface area contributed by atoms with Crippen molar-refractivity contribution in [3.63, 3.8) is 0 Å². The number of nitrogens with zero attached hydrogens (tertiary/aromatic N) is 2. The third kappa shape index (κ3) is 5.08. The van der Waals surface area contributed by atoms with E-state index >= 15 is 0 Å². The van der Waals surface area contributed by atoms with Gasteiger partial charge in [0.1, 0.15) is 12.1 Å². The van der Waals surface area contributed by atoms with Gasteiger partial charge in [-0.3, -0.25) is 9.10 Å². The van der Waals surface area contributed by atoms with Gasteiger partial charge >= 0.3 is 5.97 Å². The van der Waals surface area contributed by atoms with E-state index in [0.29, 0.717) is 11.2 Å². The number of halogens is 2. The molecule has 10 heteroatoms. The number of ether oxygens (including phenoxy) is 1. The van der Waals surface area contributed by atoms with E-state index in [0.717, 1.165) is 9.69 Å². The summed E-state index contributed by atoms with van der Waals surface area (Å²) in [6.45, 7) is 4.59. The summed E-state index contributed by atoms with van der Waals surface area (Å²) in [5.74, 6) is -0.698. The van der Waals surface area contributed by atoms with Crippen LogP contribution in [0, 0.1) is 0 Å². The van der Waals surface area contributed by atoms with Crippen molar-refractivity contribution in [3.8, 4) is 0 Å². The number of carbonyl (C=O) groups excluding carboxylic acids is 1. The van der Waals surface area contributed by atoms with E-state index in [1.54, 1.807) is 56.8 Å². The molecule has 31 heavy (non-hydrogen) atoms. The molecular weight excluding hydrogens is 461 g/mol. The van der Waals surface area contributed by atoms with E-state index < -0.39 is 28.1 Å². The molecule has 7 nitrogen and oxygen atoms in total. The smallest absolute Gasteiger partial charge is 0.327 e. The number of sulfonamides is 1. The summed E-state index contributed by atoms with van der Waals surface area (Å²) >= 11 is 12.1. The molecule has 2 N–H and O–H groups in total. The van der Waals surface area contributed by atoms with E-state index in [1.807, 2.05) is 0 Å². The number of benzene rings is 2. The van der Waals surface area contributed by atoms with Crippen molar-refractivity contribution in [1.29, 1.82) is 0 Å². The van der Waals surface area contributed by atoms with Crippen LogP contribution in [-0.2, 0) is 26.6 Å². The number of carbonyl (C=O) groups is 1. The molecular formula is C21H23Cl2N3O4S. The first-order valence-corrected chi connectivity index (χ1v) is 11.5. The maximum atomic E-state index is 13.5. The highest BCUT2D eigenvalue weighted by Crippen LogP contribution is 2.32. The molecule has 1 heterocycles. The molecule has 1 aromatic heterocycles. The average Bonchev–Trinajstić information content (AvgIpc) is 2.91. The van der Waals surface area contributed by atoms with E-state index in [9.17, 15) is 13.2 Å². The Morgan fingerprint density at radius 2 is 1.74 bits per heavy atom. The lowest BCUT2D eigenvalue weighted by Crippen LogP contribution is -2.39. The summed E-state index contributed by atoms with van der Waals surface area (Å²) in [4.78, 5) is 12.4. The van der Waals surface area contributed by atoms with Crippen LogP contribution in [0.1, 0.15) is 20.8 Å². The summed E-state index contributed by atoms with van der Waals surface area (Å²) < 4.78 is 35.2. The summed E-state index contributed by atoms with van der Waals surface area (Å²) in [5.41, 5.74) is 6.78. The molecule has 0 spiro atoms. The normalized spacial score (nSPS) is 12.2. The van der Waals surface area contributed by atoms with Crippen LogP contribution in [0.4, 0.5) is 11.4 Å². The van der Waals surface area contributed by atoms with Crippen molar-refractivity contribution in [2.24, 2.45) is 7.05 Å².